The molecule has 0 aromatic carbocycles. The van der Waals surface area contributed by atoms with Crippen molar-refractivity contribution in [2.45, 2.75) is 18.9 Å². The van der Waals surface area contributed by atoms with Gasteiger partial charge in [-0.05, 0) is 6.42 Å². The number of quaternary nitrogens is 2. The van der Waals surface area contributed by atoms with Gasteiger partial charge in [0.1, 0.15) is 32.3 Å². The minimum atomic E-state index is -0.779. The molecule has 0 unspecified atom stereocenters. The summed E-state index contributed by atoms with van der Waals surface area (Å²) >= 11 is 0. The van der Waals surface area contributed by atoms with Crippen molar-refractivity contribution in [1.29, 1.82) is 0 Å². The fourth-order valence-corrected chi connectivity index (χ4v) is 1.42. The number of hydrogen-bond acceptors (Lipinski definition) is 5. The predicted molar refractivity (Wildman–Crippen MR) is 84.9 cm³/mol. The zero-order chi connectivity index (χ0) is 17.4. The van der Waals surface area contributed by atoms with E-state index in [4.69, 9.17) is 15.2 Å². The smallest absolute Gasteiger partial charge is 0.323 e. The largest absolute Gasteiger partial charge is 0.460 e. The molecule has 0 aromatic heterocycles. The second-order valence-electron chi connectivity index (χ2n) is 7.56. The first-order valence-electron chi connectivity index (χ1n) is 7.59. The molecule has 0 rings (SSSR count). The van der Waals surface area contributed by atoms with E-state index in [0.29, 0.717) is 24.2 Å². The van der Waals surface area contributed by atoms with Gasteiger partial charge in [0.2, 0.25) is 0 Å². The van der Waals surface area contributed by atoms with Crippen molar-refractivity contribution in [2.24, 2.45) is 5.73 Å². The summed E-state index contributed by atoms with van der Waals surface area (Å²) in [5, 5.41) is 0. The van der Waals surface area contributed by atoms with Gasteiger partial charge in [-0.2, -0.15) is 0 Å². The van der Waals surface area contributed by atoms with Crippen molar-refractivity contribution >= 4 is 11.9 Å². The lowest BCUT2D eigenvalue weighted by Crippen LogP contribution is -2.40. The Hall–Kier alpha value is -1.18. The number of carbonyl (C=O) groups excluding carboxylic acids is 2. The van der Waals surface area contributed by atoms with Crippen molar-refractivity contribution in [3.63, 3.8) is 0 Å². The van der Waals surface area contributed by atoms with E-state index in [-0.39, 0.29) is 18.8 Å². The summed E-state index contributed by atoms with van der Waals surface area (Å²) in [6.45, 7) is 2.14. The van der Waals surface area contributed by atoms with Crippen molar-refractivity contribution in [3.05, 3.63) is 0 Å². The van der Waals surface area contributed by atoms with Gasteiger partial charge >= 0.3 is 11.9 Å². The average Bonchev–Trinajstić information content (AvgIpc) is 2.32. The fourth-order valence-electron chi connectivity index (χ4n) is 1.42. The Morgan fingerprint density at radius 1 is 0.909 bits per heavy atom. The van der Waals surface area contributed by atoms with Gasteiger partial charge in [0.25, 0.3) is 0 Å². The van der Waals surface area contributed by atoms with Gasteiger partial charge in [-0.15, -0.1) is 0 Å². The summed E-state index contributed by atoms with van der Waals surface area (Å²) in [5.74, 6) is -0.796. The maximum absolute atomic E-state index is 11.7. The maximum Gasteiger partial charge on any atom is 0.323 e. The summed E-state index contributed by atoms with van der Waals surface area (Å²) in [5.41, 5.74) is 5.72. The fraction of sp³-hybridized carbons (Fsp3) is 0.867. The number of hydrogen-bond donors (Lipinski definition) is 1. The molecule has 130 valence electrons. The van der Waals surface area contributed by atoms with Gasteiger partial charge in [-0.3, -0.25) is 9.59 Å². The zero-order valence-electron chi connectivity index (χ0n) is 14.9. The molecule has 0 amide bonds. The molecule has 0 fully saturated rings. The molecule has 0 bridgehead atoms. The van der Waals surface area contributed by atoms with Crippen LogP contribution in [0, 0.1) is 0 Å². The minimum Gasteiger partial charge on any atom is -0.460 e. The molecule has 0 radical (unpaired) electrons. The van der Waals surface area contributed by atoms with E-state index in [2.05, 4.69) is 0 Å². The zero-order valence-corrected chi connectivity index (χ0v) is 14.9. The topological polar surface area (TPSA) is 78.6 Å². The predicted octanol–water partition coefficient (Wildman–Crippen LogP) is -0.407. The van der Waals surface area contributed by atoms with E-state index in [1.165, 1.54) is 0 Å². The summed E-state index contributed by atoms with van der Waals surface area (Å²) < 4.78 is 11.7. The molecule has 7 heteroatoms. The molecule has 0 heterocycles. The van der Waals surface area contributed by atoms with Crippen LogP contribution >= 0.6 is 0 Å². The van der Waals surface area contributed by atoms with Gasteiger partial charge < -0.3 is 24.2 Å². The van der Waals surface area contributed by atoms with Crippen molar-refractivity contribution < 1.29 is 28.0 Å². The third-order valence-electron chi connectivity index (χ3n) is 2.99. The van der Waals surface area contributed by atoms with Gasteiger partial charge in [0, 0.05) is 6.42 Å². The van der Waals surface area contributed by atoms with E-state index in [9.17, 15) is 9.59 Å². The summed E-state index contributed by atoms with van der Waals surface area (Å²) in [7, 11) is 12.1. The molecular weight excluding hydrogens is 286 g/mol. The van der Waals surface area contributed by atoms with E-state index in [0.717, 1.165) is 11.0 Å². The monoisotopic (exact) mass is 319 g/mol. The second kappa shape index (κ2) is 9.07. The van der Waals surface area contributed by atoms with E-state index >= 15 is 0 Å². The molecule has 0 spiro atoms. The normalized spacial score (nSPS) is 13.6. The van der Waals surface area contributed by atoms with Crippen LogP contribution in [0.25, 0.3) is 0 Å². The van der Waals surface area contributed by atoms with Crippen LogP contribution in [-0.2, 0) is 19.1 Å². The number of nitrogens with zero attached hydrogens (tertiary/aromatic N) is 2. The lowest BCUT2D eigenvalue weighted by atomic mass is 10.2. The summed E-state index contributed by atoms with van der Waals surface area (Å²) in [6, 6.07) is -0.779. The molecule has 0 aliphatic carbocycles. The van der Waals surface area contributed by atoms with Crippen LogP contribution in [-0.4, -0.2) is 95.5 Å². The Bertz CT molecular complexity index is 359. The van der Waals surface area contributed by atoms with Crippen LogP contribution in [0.3, 0.4) is 0 Å². The summed E-state index contributed by atoms with van der Waals surface area (Å²) in [6.07, 6.45) is 0.370. The molecule has 0 aliphatic heterocycles. The molecule has 1 atom stereocenters. The highest BCUT2D eigenvalue weighted by atomic mass is 16.5. The highest BCUT2D eigenvalue weighted by molar-refractivity contribution is 5.77. The highest BCUT2D eigenvalue weighted by Crippen LogP contribution is 2.01. The third kappa shape index (κ3) is 12.6. The van der Waals surface area contributed by atoms with Gasteiger partial charge in [0.15, 0.2) is 0 Å². The standard InChI is InChI=1S/C15H33N3O4/c1-17(2,3)9-11-21-14(19)8-7-13(16)15(20)22-12-10-18(4,5)6/h13H,7-12,16H2,1-6H3/q+2/t13-/m0/s1. The minimum absolute atomic E-state index is 0.128. The molecule has 0 aliphatic rings. The van der Waals surface area contributed by atoms with Crippen LogP contribution in [0.4, 0.5) is 0 Å². The average molecular weight is 319 g/mol. The Labute approximate surface area is 134 Å². The first-order chi connectivity index (χ1) is 9.91. The van der Waals surface area contributed by atoms with E-state index in [1.54, 1.807) is 0 Å². The molecule has 0 saturated carbocycles. The lowest BCUT2D eigenvalue weighted by Gasteiger charge is -2.23. The molecule has 22 heavy (non-hydrogen) atoms. The Morgan fingerprint density at radius 2 is 1.36 bits per heavy atom. The third-order valence-corrected chi connectivity index (χ3v) is 2.99. The second-order valence-corrected chi connectivity index (χ2v) is 7.56. The van der Waals surface area contributed by atoms with Gasteiger partial charge in [-0.25, -0.2) is 0 Å². The SMILES string of the molecule is C[N+](C)(C)CCOC(=O)CC[C@H](N)C(=O)OCC[N+](C)(C)C. The van der Waals surface area contributed by atoms with Crippen LogP contribution < -0.4 is 5.73 Å². The van der Waals surface area contributed by atoms with Gasteiger partial charge in [0.05, 0.1) is 42.3 Å². The number of nitrogens with two attached hydrogens (primary N) is 1. The number of likely N-dealkylation sites (N-methyl/N-ethyl adjacent to an activating group) is 2. The first-order valence-corrected chi connectivity index (χ1v) is 7.59. The molecule has 2 N–H and O–H groups in total. The Kier molecular flexibility index (Phi) is 8.58. The molecule has 7 nitrogen and oxygen atoms in total. The highest BCUT2D eigenvalue weighted by Gasteiger charge is 2.18. The summed E-state index contributed by atoms with van der Waals surface area (Å²) in [4.78, 5) is 23.2. The van der Waals surface area contributed by atoms with Crippen LogP contribution in [0.1, 0.15) is 12.8 Å². The van der Waals surface area contributed by atoms with E-state index in [1.807, 2.05) is 42.3 Å². The van der Waals surface area contributed by atoms with Crippen molar-refractivity contribution in [1.82, 2.24) is 0 Å². The van der Waals surface area contributed by atoms with Crippen molar-refractivity contribution in [3.8, 4) is 0 Å². The number of esters is 2. The molecular formula is C15H33N3O4+2. The van der Waals surface area contributed by atoms with Crippen LogP contribution in [0.2, 0.25) is 0 Å². The lowest BCUT2D eigenvalue weighted by molar-refractivity contribution is -0.870. The van der Waals surface area contributed by atoms with Crippen LogP contribution in [0.5, 0.6) is 0 Å². The van der Waals surface area contributed by atoms with E-state index < -0.39 is 12.0 Å². The quantitative estimate of drug-likeness (QED) is 0.438. The Balaban J connectivity index is 3.85. The number of carbonyl (C=O) groups is 2. The van der Waals surface area contributed by atoms with Crippen LogP contribution in [0.15, 0.2) is 0 Å². The molecule has 0 aromatic rings. The van der Waals surface area contributed by atoms with Crippen molar-refractivity contribution in [2.75, 3.05) is 68.6 Å². The first kappa shape index (κ1) is 20.8. The molecule has 0 saturated heterocycles. The van der Waals surface area contributed by atoms with Gasteiger partial charge in [-0.1, -0.05) is 0 Å². The number of ether oxygens (including phenoxy) is 2. The number of rotatable bonds is 10. The Morgan fingerprint density at radius 3 is 1.82 bits per heavy atom. The maximum atomic E-state index is 11.7.